The maximum absolute atomic E-state index is 13.0. The summed E-state index contributed by atoms with van der Waals surface area (Å²) in [6.07, 6.45) is 5.66. The van der Waals surface area contributed by atoms with Crippen molar-refractivity contribution in [2.75, 3.05) is 13.1 Å². The lowest BCUT2D eigenvalue weighted by molar-refractivity contribution is -0.131. The summed E-state index contributed by atoms with van der Waals surface area (Å²) < 4.78 is 1.96. The first-order valence-corrected chi connectivity index (χ1v) is 11.2. The van der Waals surface area contributed by atoms with E-state index in [1.807, 2.05) is 64.1 Å². The fourth-order valence-electron chi connectivity index (χ4n) is 4.16. The number of aryl methyl sites for hydroxylation is 1. The average Bonchev–Trinajstić information content (AvgIpc) is 2.96. The van der Waals surface area contributed by atoms with Gasteiger partial charge in [-0.3, -0.25) is 9.59 Å². The van der Waals surface area contributed by atoms with E-state index in [-0.39, 0.29) is 18.4 Å². The Hall–Kier alpha value is -3.15. The van der Waals surface area contributed by atoms with E-state index in [0.29, 0.717) is 19.4 Å². The molecule has 2 heterocycles. The summed E-state index contributed by atoms with van der Waals surface area (Å²) >= 11 is 0. The van der Waals surface area contributed by atoms with E-state index < -0.39 is 0 Å². The predicted octanol–water partition coefficient (Wildman–Crippen LogP) is 3.69. The molecular formula is C25H30N4O2. The van der Waals surface area contributed by atoms with Crippen molar-refractivity contribution >= 4 is 22.8 Å². The predicted molar refractivity (Wildman–Crippen MR) is 121 cm³/mol. The van der Waals surface area contributed by atoms with E-state index in [9.17, 15) is 9.59 Å². The summed E-state index contributed by atoms with van der Waals surface area (Å²) in [5.41, 5.74) is 2.92. The van der Waals surface area contributed by atoms with Gasteiger partial charge in [0.05, 0.1) is 17.6 Å². The molecule has 0 spiro atoms. The minimum atomic E-state index is -0.0127. The summed E-state index contributed by atoms with van der Waals surface area (Å²) in [5.74, 6) is 0.834. The van der Waals surface area contributed by atoms with Gasteiger partial charge in [-0.05, 0) is 37.0 Å². The lowest BCUT2D eigenvalue weighted by Gasteiger charge is -2.21. The van der Waals surface area contributed by atoms with E-state index in [2.05, 4.69) is 5.32 Å². The molecule has 3 aromatic rings. The van der Waals surface area contributed by atoms with Gasteiger partial charge in [0.2, 0.25) is 11.8 Å². The van der Waals surface area contributed by atoms with E-state index in [1.54, 1.807) is 0 Å². The molecule has 1 aliphatic heterocycles. The van der Waals surface area contributed by atoms with Crippen molar-refractivity contribution in [1.29, 1.82) is 0 Å². The monoisotopic (exact) mass is 418 g/mol. The maximum Gasteiger partial charge on any atom is 0.242 e. The molecule has 162 valence electrons. The number of nitrogens with one attached hydrogen (secondary N) is 1. The molecule has 1 saturated heterocycles. The summed E-state index contributed by atoms with van der Waals surface area (Å²) in [6, 6.07) is 17.8. The number of likely N-dealkylation sites (tertiary alicyclic amines) is 1. The molecule has 0 radical (unpaired) electrons. The molecule has 2 aromatic carbocycles. The van der Waals surface area contributed by atoms with Gasteiger partial charge in [0.1, 0.15) is 12.4 Å². The number of para-hydroxylation sites is 2. The standard InChI is InChI=1S/C25H30N4O2/c30-24(15-14-20-10-4-3-5-11-20)26-18-23-27-21-12-6-7-13-22(21)29(23)19-25(31)28-16-8-1-2-9-17-28/h3-7,10-13H,1-2,8-9,14-19H2,(H,26,30). The number of benzene rings is 2. The molecule has 0 unspecified atom stereocenters. The molecule has 1 aromatic heterocycles. The molecule has 1 aliphatic rings. The zero-order chi connectivity index (χ0) is 21.5. The molecule has 6 nitrogen and oxygen atoms in total. The van der Waals surface area contributed by atoms with Crippen LogP contribution in [0.1, 0.15) is 43.5 Å². The van der Waals surface area contributed by atoms with Crippen LogP contribution in [0.3, 0.4) is 0 Å². The fourth-order valence-corrected chi connectivity index (χ4v) is 4.16. The summed E-state index contributed by atoms with van der Waals surface area (Å²) in [4.78, 5) is 32.1. The maximum atomic E-state index is 13.0. The van der Waals surface area contributed by atoms with Crippen LogP contribution in [0.15, 0.2) is 54.6 Å². The zero-order valence-electron chi connectivity index (χ0n) is 17.9. The number of amides is 2. The molecule has 0 atom stereocenters. The molecular weight excluding hydrogens is 388 g/mol. The second kappa shape index (κ2) is 10.2. The highest BCUT2D eigenvalue weighted by atomic mass is 16.2. The van der Waals surface area contributed by atoms with Crippen molar-refractivity contribution in [2.45, 2.75) is 51.6 Å². The summed E-state index contributed by atoms with van der Waals surface area (Å²) in [7, 11) is 0. The number of hydrogen-bond donors (Lipinski definition) is 1. The number of nitrogens with zero attached hydrogens (tertiary/aromatic N) is 3. The molecule has 6 heteroatoms. The van der Waals surface area contributed by atoms with Crippen LogP contribution in [-0.2, 0) is 29.1 Å². The van der Waals surface area contributed by atoms with Gasteiger partial charge in [0, 0.05) is 19.5 Å². The molecule has 1 fully saturated rings. The molecule has 0 aliphatic carbocycles. The van der Waals surface area contributed by atoms with Crippen molar-refractivity contribution in [3.05, 3.63) is 66.0 Å². The van der Waals surface area contributed by atoms with E-state index in [1.165, 1.54) is 12.8 Å². The number of rotatable bonds is 7. The van der Waals surface area contributed by atoms with Crippen LogP contribution in [0.2, 0.25) is 0 Å². The minimum absolute atomic E-state index is 0.0127. The van der Waals surface area contributed by atoms with Crippen LogP contribution >= 0.6 is 0 Å². The third-order valence-electron chi connectivity index (χ3n) is 5.91. The average molecular weight is 419 g/mol. The van der Waals surface area contributed by atoms with Crippen LogP contribution < -0.4 is 5.32 Å². The summed E-state index contributed by atoms with van der Waals surface area (Å²) in [5, 5.41) is 2.99. The Kier molecular flexibility index (Phi) is 6.97. The van der Waals surface area contributed by atoms with Crippen molar-refractivity contribution in [3.8, 4) is 0 Å². The lowest BCUT2D eigenvalue weighted by Crippen LogP contribution is -2.35. The van der Waals surface area contributed by atoms with Crippen LogP contribution in [0.25, 0.3) is 11.0 Å². The third kappa shape index (κ3) is 5.51. The van der Waals surface area contributed by atoms with E-state index in [4.69, 9.17) is 4.98 Å². The third-order valence-corrected chi connectivity index (χ3v) is 5.91. The summed E-state index contributed by atoms with van der Waals surface area (Å²) in [6.45, 7) is 2.24. The molecule has 1 N–H and O–H groups in total. The highest BCUT2D eigenvalue weighted by Gasteiger charge is 2.19. The lowest BCUT2D eigenvalue weighted by atomic mass is 10.1. The van der Waals surface area contributed by atoms with Gasteiger partial charge in [-0.1, -0.05) is 55.3 Å². The molecule has 2 amide bonds. The second-order valence-electron chi connectivity index (χ2n) is 8.16. The SMILES string of the molecule is O=C(CCc1ccccc1)NCc1nc2ccccc2n1CC(=O)N1CCCCCC1. The Morgan fingerprint density at radius 3 is 2.39 bits per heavy atom. The molecule has 0 saturated carbocycles. The van der Waals surface area contributed by atoms with E-state index in [0.717, 1.165) is 48.4 Å². The number of imidazole rings is 1. The first-order valence-electron chi connectivity index (χ1n) is 11.2. The number of carbonyl (C=O) groups is 2. The highest BCUT2D eigenvalue weighted by molar-refractivity contribution is 5.81. The van der Waals surface area contributed by atoms with Crippen molar-refractivity contribution in [1.82, 2.24) is 19.8 Å². The first kappa shape index (κ1) is 21.1. The minimum Gasteiger partial charge on any atom is -0.349 e. The number of carbonyl (C=O) groups excluding carboxylic acids is 2. The van der Waals surface area contributed by atoms with Gasteiger partial charge >= 0.3 is 0 Å². The van der Waals surface area contributed by atoms with Gasteiger partial charge in [-0.15, -0.1) is 0 Å². The number of aromatic nitrogens is 2. The Balaban J connectivity index is 1.43. The Bertz CT molecular complexity index is 1020. The first-order chi connectivity index (χ1) is 15.2. The fraction of sp³-hybridized carbons (Fsp3) is 0.400. The van der Waals surface area contributed by atoms with Crippen molar-refractivity contribution in [2.24, 2.45) is 0 Å². The Morgan fingerprint density at radius 1 is 0.903 bits per heavy atom. The smallest absolute Gasteiger partial charge is 0.242 e. The normalized spacial score (nSPS) is 14.4. The number of hydrogen-bond acceptors (Lipinski definition) is 3. The quantitative estimate of drug-likeness (QED) is 0.636. The highest BCUT2D eigenvalue weighted by Crippen LogP contribution is 2.18. The largest absolute Gasteiger partial charge is 0.349 e. The molecule has 4 rings (SSSR count). The van der Waals surface area contributed by atoms with Crippen molar-refractivity contribution in [3.63, 3.8) is 0 Å². The van der Waals surface area contributed by atoms with Crippen LogP contribution in [-0.4, -0.2) is 39.4 Å². The molecule has 0 bridgehead atoms. The molecule has 31 heavy (non-hydrogen) atoms. The Morgan fingerprint density at radius 2 is 1.61 bits per heavy atom. The van der Waals surface area contributed by atoms with Gasteiger partial charge in [0.15, 0.2) is 0 Å². The van der Waals surface area contributed by atoms with Crippen LogP contribution in [0.5, 0.6) is 0 Å². The van der Waals surface area contributed by atoms with Crippen LogP contribution in [0, 0.1) is 0 Å². The van der Waals surface area contributed by atoms with Gasteiger partial charge in [-0.25, -0.2) is 4.98 Å². The second-order valence-corrected chi connectivity index (χ2v) is 8.16. The Labute approximate surface area is 183 Å². The van der Waals surface area contributed by atoms with Gasteiger partial charge < -0.3 is 14.8 Å². The van der Waals surface area contributed by atoms with Crippen LogP contribution in [0.4, 0.5) is 0 Å². The van der Waals surface area contributed by atoms with Gasteiger partial charge in [-0.2, -0.15) is 0 Å². The van der Waals surface area contributed by atoms with E-state index >= 15 is 0 Å². The zero-order valence-corrected chi connectivity index (χ0v) is 17.9. The van der Waals surface area contributed by atoms with Crippen molar-refractivity contribution < 1.29 is 9.59 Å². The van der Waals surface area contributed by atoms with Gasteiger partial charge in [0.25, 0.3) is 0 Å². The number of fused-ring (bicyclic) bond motifs is 1. The topological polar surface area (TPSA) is 67.2 Å².